The highest BCUT2D eigenvalue weighted by molar-refractivity contribution is 7.88. The zero-order chi connectivity index (χ0) is 14.0. The van der Waals surface area contributed by atoms with Crippen LogP contribution in [-0.4, -0.2) is 31.4 Å². The lowest BCUT2D eigenvalue weighted by atomic mass is 10.0. The van der Waals surface area contributed by atoms with Gasteiger partial charge in [-0.1, -0.05) is 13.0 Å². The number of nitrogens with one attached hydrogen (secondary N) is 1. The number of amides is 1. The molecule has 5 nitrogen and oxygen atoms in total. The average Bonchev–Trinajstić information content (AvgIpc) is 2.36. The van der Waals surface area contributed by atoms with Gasteiger partial charge in [0.05, 0.1) is 6.26 Å². The Labute approximate surface area is 113 Å². The zero-order valence-electron chi connectivity index (χ0n) is 11.1. The summed E-state index contributed by atoms with van der Waals surface area (Å²) in [7, 11) is -3.16. The predicted octanol–water partition coefficient (Wildman–Crippen LogP) is 1.35. The molecule has 0 fully saturated rings. The van der Waals surface area contributed by atoms with Crippen molar-refractivity contribution in [2.75, 3.05) is 18.1 Å². The van der Waals surface area contributed by atoms with Gasteiger partial charge in [-0.15, -0.1) is 0 Å². The van der Waals surface area contributed by atoms with Crippen molar-refractivity contribution in [3.05, 3.63) is 29.3 Å². The SMILES string of the molecule is CCC(=O)Nc1ccc2c(c1)CN(S(C)(=O)=O)CC2. The van der Waals surface area contributed by atoms with Crippen LogP contribution in [0.2, 0.25) is 0 Å². The molecule has 1 aliphatic rings. The van der Waals surface area contributed by atoms with E-state index in [4.69, 9.17) is 0 Å². The number of anilines is 1. The van der Waals surface area contributed by atoms with E-state index in [-0.39, 0.29) is 5.91 Å². The number of hydrogen-bond donors (Lipinski definition) is 1. The minimum Gasteiger partial charge on any atom is -0.326 e. The van der Waals surface area contributed by atoms with Crippen LogP contribution >= 0.6 is 0 Å². The topological polar surface area (TPSA) is 66.5 Å². The molecule has 0 bridgehead atoms. The number of benzene rings is 1. The Bertz CT molecular complexity index is 596. The Morgan fingerprint density at radius 1 is 1.37 bits per heavy atom. The first-order valence-electron chi connectivity index (χ1n) is 6.27. The molecule has 0 saturated heterocycles. The zero-order valence-corrected chi connectivity index (χ0v) is 12.0. The molecule has 1 aromatic rings. The minimum absolute atomic E-state index is 0.0456. The summed E-state index contributed by atoms with van der Waals surface area (Å²) in [4.78, 5) is 11.4. The molecule has 0 aromatic heterocycles. The lowest BCUT2D eigenvalue weighted by molar-refractivity contribution is -0.115. The highest BCUT2D eigenvalue weighted by Gasteiger charge is 2.23. The largest absolute Gasteiger partial charge is 0.326 e. The molecule has 0 atom stereocenters. The number of sulfonamides is 1. The van der Waals surface area contributed by atoms with E-state index in [1.54, 1.807) is 6.92 Å². The van der Waals surface area contributed by atoms with E-state index in [9.17, 15) is 13.2 Å². The number of hydrogen-bond acceptors (Lipinski definition) is 3. The van der Waals surface area contributed by atoms with Gasteiger partial charge in [0.15, 0.2) is 0 Å². The van der Waals surface area contributed by atoms with Crippen LogP contribution in [0.25, 0.3) is 0 Å². The van der Waals surface area contributed by atoms with E-state index in [1.165, 1.54) is 10.6 Å². The second-order valence-electron chi connectivity index (χ2n) is 4.73. The van der Waals surface area contributed by atoms with E-state index >= 15 is 0 Å². The number of carbonyl (C=O) groups is 1. The van der Waals surface area contributed by atoms with Gasteiger partial charge < -0.3 is 5.32 Å². The third-order valence-electron chi connectivity index (χ3n) is 3.26. The van der Waals surface area contributed by atoms with E-state index < -0.39 is 10.0 Å². The van der Waals surface area contributed by atoms with Gasteiger partial charge in [-0.25, -0.2) is 8.42 Å². The summed E-state index contributed by atoms with van der Waals surface area (Å²) in [6, 6.07) is 5.68. The third kappa shape index (κ3) is 3.33. The van der Waals surface area contributed by atoms with Gasteiger partial charge in [0, 0.05) is 25.2 Å². The Hall–Kier alpha value is -1.40. The monoisotopic (exact) mass is 282 g/mol. The maximum atomic E-state index is 11.6. The van der Waals surface area contributed by atoms with Crippen LogP contribution in [0, 0.1) is 0 Å². The molecule has 0 saturated carbocycles. The highest BCUT2D eigenvalue weighted by Crippen LogP contribution is 2.24. The average molecular weight is 282 g/mol. The van der Waals surface area contributed by atoms with Crippen molar-refractivity contribution < 1.29 is 13.2 Å². The summed E-state index contributed by atoms with van der Waals surface area (Å²) < 4.78 is 24.6. The Balaban J connectivity index is 2.22. The summed E-state index contributed by atoms with van der Waals surface area (Å²) in [5, 5.41) is 2.79. The molecule has 0 unspecified atom stereocenters. The second-order valence-corrected chi connectivity index (χ2v) is 6.71. The minimum atomic E-state index is -3.16. The van der Waals surface area contributed by atoms with E-state index in [0.717, 1.165) is 16.8 Å². The number of rotatable bonds is 3. The molecular formula is C13H18N2O3S. The molecule has 1 amide bonds. The van der Waals surface area contributed by atoms with Gasteiger partial charge in [-0.05, 0) is 29.7 Å². The first-order chi connectivity index (χ1) is 8.90. The van der Waals surface area contributed by atoms with Crippen molar-refractivity contribution in [2.45, 2.75) is 26.3 Å². The van der Waals surface area contributed by atoms with E-state index in [0.29, 0.717) is 25.9 Å². The fourth-order valence-corrected chi connectivity index (χ4v) is 2.94. The van der Waals surface area contributed by atoms with Crippen LogP contribution in [0.5, 0.6) is 0 Å². The molecule has 1 aromatic carbocycles. The van der Waals surface area contributed by atoms with Crippen LogP contribution in [0.1, 0.15) is 24.5 Å². The molecule has 1 N–H and O–H groups in total. The third-order valence-corrected chi connectivity index (χ3v) is 4.51. The highest BCUT2D eigenvalue weighted by atomic mass is 32.2. The van der Waals surface area contributed by atoms with Crippen molar-refractivity contribution in [1.29, 1.82) is 0 Å². The van der Waals surface area contributed by atoms with Gasteiger partial charge in [-0.2, -0.15) is 4.31 Å². The molecule has 0 radical (unpaired) electrons. The van der Waals surface area contributed by atoms with Gasteiger partial charge in [0.25, 0.3) is 0 Å². The Morgan fingerprint density at radius 2 is 2.11 bits per heavy atom. The molecule has 6 heteroatoms. The first kappa shape index (κ1) is 14.0. The van der Waals surface area contributed by atoms with Crippen molar-refractivity contribution in [1.82, 2.24) is 4.31 Å². The van der Waals surface area contributed by atoms with Crippen LogP contribution < -0.4 is 5.32 Å². The van der Waals surface area contributed by atoms with Crippen molar-refractivity contribution in [3.8, 4) is 0 Å². The molecule has 1 aliphatic heterocycles. The quantitative estimate of drug-likeness (QED) is 0.910. The van der Waals surface area contributed by atoms with Crippen molar-refractivity contribution in [2.24, 2.45) is 0 Å². The summed E-state index contributed by atoms with van der Waals surface area (Å²) in [5.74, 6) is -0.0456. The maximum Gasteiger partial charge on any atom is 0.224 e. The molecule has 19 heavy (non-hydrogen) atoms. The summed E-state index contributed by atoms with van der Waals surface area (Å²) in [6.07, 6.45) is 2.36. The fourth-order valence-electron chi connectivity index (χ4n) is 2.14. The lowest BCUT2D eigenvalue weighted by Crippen LogP contribution is -2.35. The standard InChI is InChI=1S/C13H18N2O3S/c1-3-13(16)14-12-5-4-10-6-7-15(19(2,17)18)9-11(10)8-12/h4-5,8H,3,6-7,9H2,1-2H3,(H,14,16). The van der Waals surface area contributed by atoms with Crippen molar-refractivity contribution in [3.63, 3.8) is 0 Å². The molecule has 0 spiro atoms. The molecule has 2 rings (SSSR count). The summed E-state index contributed by atoms with van der Waals surface area (Å²) in [5.41, 5.74) is 2.83. The number of carbonyl (C=O) groups excluding carboxylic acids is 1. The van der Waals surface area contributed by atoms with Crippen LogP contribution in [0.4, 0.5) is 5.69 Å². The number of nitrogens with zero attached hydrogens (tertiary/aromatic N) is 1. The smallest absolute Gasteiger partial charge is 0.224 e. The van der Waals surface area contributed by atoms with Gasteiger partial charge >= 0.3 is 0 Å². The van der Waals surface area contributed by atoms with Gasteiger partial charge in [-0.3, -0.25) is 4.79 Å². The normalized spacial score (nSPS) is 15.9. The predicted molar refractivity (Wildman–Crippen MR) is 74.3 cm³/mol. The second kappa shape index (κ2) is 5.30. The van der Waals surface area contributed by atoms with Gasteiger partial charge in [0.2, 0.25) is 15.9 Å². The van der Waals surface area contributed by atoms with Crippen LogP contribution in [0.3, 0.4) is 0 Å². The maximum absolute atomic E-state index is 11.6. The molecule has 1 heterocycles. The fraction of sp³-hybridized carbons (Fsp3) is 0.462. The lowest BCUT2D eigenvalue weighted by Gasteiger charge is -2.27. The van der Waals surface area contributed by atoms with E-state index in [2.05, 4.69) is 5.32 Å². The van der Waals surface area contributed by atoms with Gasteiger partial charge in [0.1, 0.15) is 0 Å². The van der Waals surface area contributed by atoms with E-state index in [1.807, 2.05) is 18.2 Å². The molecule has 0 aliphatic carbocycles. The van der Waals surface area contributed by atoms with Crippen LogP contribution in [0.15, 0.2) is 18.2 Å². The van der Waals surface area contributed by atoms with Crippen molar-refractivity contribution >= 4 is 21.6 Å². The first-order valence-corrected chi connectivity index (χ1v) is 8.11. The molecular weight excluding hydrogens is 264 g/mol. The molecule has 104 valence electrons. The number of fused-ring (bicyclic) bond motifs is 1. The van der Waals surface area contributed by atoms with Crippen LogP contribution in [-0.2, 0) is 27.8 Å². The summed E-state index contributed by atoms with van der Waals surface area (Å²) >= 11 is 0. The summed E-state index contributed by atoms with van der Waals surface area (Å²) in [6.45, 7) is 2.69. The Kier molecular flexibility index (Phi) is 3.91. The Morgan fingerprint density at radius 3 is 2.74 bits per heavy atom.